The largest absolute Gasteiger partial charge is 0.657 e. The van der Waals surface area contributed by atoms with Crippen molar-refractivity contribution >= 4 is 39.0 Å². The number of aromatic nitrogens is 1. The predicted molar refractivity (Wildman–Crippen MR) is 229 cm³/mol. The van der Waals surface area contributed by atoms with Gasteiger partial charge in [0, 0.05) is 50.4 Å². The second kappa shape index (κ2) is 16.8. The number of fused-ring (bicyclic) bond motifs is 3. The van der Waals surface area contributed by atoms with Crippen LogP contribution in [0, 0.1) is 6.67 Å². The summed E-state index contributed by atoms with van der Waals surface area (Å²) in [5, 5.41) is 9.97. The van der Waals surface area contributed by atoms with E-state index in [4.69, 9.17) is 5.10 Å². The van der Waals surface area contributed by atoms with Crippen molar-refractivity contribution in [1.82, 2.24) is 4.98 Å². The van der Waals surface area contributed by atoms with E-state index in [9.17, 15) is 0 Å². The Balaban J connectivity index is 0.000000278. The number of anilines is 2. The number of hydrogen-bond acceptors (Lipinski definition) is 3. The molecule has 1 radical (unpaired) electrons. The number of hydrogen-bond donors (Lipinski definition) is 0. The normalized spacial score (nSPS) is 12.5. The molecule has 8 aromatic rings. The average molecular weight is 898 g/mol. The first-order valence-corrected chi connectivity index (χ1v) is 18.8. The smallest absolute Gasteiger partial charge is 0.129 e. The van der Waals surface area contributed by atoms with Gasteiger partial charge in [-0.25, -0.2) is 0 Å². The Morgan fingerprint density at radius 1 is 0.455 bits per heavy atom. The fourth-order valence-corrected chi connectivity index (χ4v) is 7.40. The summed E-state index contributed by atoms with van der Waals surface area (Å²) in [6, 6.07) is 61.5. The summed E-state index contributed by atoms with van der Waals surface area (Å²) in [6.45, 7) is 11.3. The summed E-state index contributed by atoms with van der Waals surface area (Å²) in [4.78, 5) is 6.83. The molecule has 0 fully saturated rings. The number of benzene rings is 7. The van der Waals surface area contributed by atoms with Gasteiger partial charge in [0.05, 0.1) is 0 Å². The van der Waals surface area contributed by atoms with Crippen LogP contribution in [-0.2, 0) is 22.4 Å². The first-order chi connectivity index (χ1) is 26.5. The molecule has 4 nitrogen and oxygen atoms in total. The van der Waals surface area contributed by atoms with Gasteiger partial charge >= 0.3 is 0 Å². The van der Waals surface area contributed by atoms with Crippen molar-refractivity contribution in [2.75, 3.05) is 9.91 Å². The molecule has 0 unspecified atom stereocenters. The van der Waals surface area contributed by atoms with Crippen LogP contribution in [0.1, 0.15) is 56.2 Å². The summed E-state index contributed by atoms with van der Waals surface area (Å²) in [7, 11) is 0. The summed E-state index contributed by atoms with van der Waals surface area (Å²) in [5.41, 5.74) is 12.8. The van der Waals surface area contributed by atoms with Crippen LogP contribution in [0.15, 0.2) is 181 Å². The van der Waals surface area contributed by atoms with Gasteiger partial charge < -0.3 is 14.9 Å². The zero-order valence-electron chi connectivity index (χ0n) is 31.6. The molecule has 2 heterocycles. The van der Waals surface area contributed by atoms with Gasteiger partial charge in [0.25, 0.3) is 0 Å². The molecule has 0 saturated carbocycles. The van der Waals surface area contributed by atoms with Crippen LogP contribution in [0.2, 0.25) is 0 Å². The van der Waals surface area contributed by atoms with Crippen LogP contribution in [0.4, 0.5) is 11.4 Å². The van der Waals surface area contributed by atoms with E-state index in [0.29, 0.717) is 11.8 Å². The van der Waals surface area contributed by atoms with Gasteiger partial charge in [-0.15, -0.1) is 17.7 Å². The van der Waals surface area contributed by atoms with Crippen LogP contribution in [0.5, 0.6) is 0 Å². The maximum atomic E-state index is 5.38. The van der Waals surface area contributed by atoms with Crippen molar-refractivity contribution in [3.05, 3.63) is 199 Å². The van der Waals surface area contributed by atoms with Crippen molar-refractivity contribution < 1.29 is 22.4 Å². The second-order valence-corrected chi connectivity index (χ2v) is 14.3. The number of amidine groups is 1. The average Bonchev–Trinajstić information content (AvgIpc) is 3.84. The van der Waals surface area contributed by atoms with Gasteiger partial charge in [-0.1, -0.05) is 204 Å². The zero-order chi connectivity index (χ0) is 37.0. The molecule has 9 rings (SSSR count). The van der Waals surface area contributed by atoms with Crippen LogP contribution < -0.4 is 14.9 Å². The maximum Gasteiger partial charge on any atom is 0.129 e. The summed E-state index contributed by atoms with van der Waals surface area (Å²) in [5.74, 6) is 1.64. The van der Waals surface area contributed by atoms with Gasteiger partial charge in [-0.05, 0) is 44.9 Å². The van der Waals surface area contributed by atoms with Crippen LogP contribution in [0.25, 0.3) is 44.1 Å². The van der Waals surface area contributed by atoms with E-state index in [-0.39, 0.29) is 22.4 Å². The van der Waals surface area contributed by atoms with E-state index in [2.05, 4.69) is 213 Å². The third-order valence-electron chi connectivity index (χ3n) is 10.0. The minimum absolute atomic E-state index is 0. The number of rotatable bonds is 7. The molecule has 0 spiro atoms. The molecule has 7 aromatic carbocycles. The van der Waals surface area contributed by atoms with Gasteiger partial charge in [0.15, 0.2) is 0 Å². The first kappa shape index (κ1) is 37.7. The molecule has 1 aliphatic heterocycles. The van der Waals surface area contributed by atoms with Crippen molar-refractivity contribution in [2.45, 2.75) is 39.5 Å². The fourth-order valence-electron chi connectivity index (χ4n) is 7.40. The Kier molecular flexibility index (Phi) is 11.5. The molecule has 277 valence electrons. The van der Waals surface area contributed by atoms with Crippen molar-refractivity contribution in [3.63, 3.8) is 0 Å². The Hall–Kier alpha value is -5.65. The summed E-state index contributed by atoms with van der Waals surface area (Å²) in [6.07, 6.45) is 0. The van der Waals surface area contributed by atoms with Crippen LogP contribution in [-0.4, -0.2) is 5.84 Å². The predicted octanol–water partition coefficient (Wildman–Crippen LogP) is 13.0. The standard InChI is InChI=1S/C38H36N3.C12H8N.Au/c1-27(2)32-22-14-23-33(28(3)4)36(32)40-26-41(39-38(40)31-20-12-7-13-21-31)37-34(29-16-8-5-9-17-29)24-15-25-35(37)30-18-10-6-11-19-30;1-3-7-11-9(5-1)10-6-2-4-8-12(10)13-11;/h5-28H,1-4H3;1-8H;/q2*-1;. The van der Waals surface area contributed by atoms with E-state index in [1.165, 1.54) is 27.6 Å². The van der Waals surface area contributed by atoms with Crippen molar-refractivity contribution in [3.8, 4) is 22.3 Å². The van der Waals surface area contributed by atoms with E-state index in [1.807, 2.05) is 12.1 Å². The van der Waals surface area contributed by atoms with Gasteiger partial charge in [0.2, 0.25) is 0 Å². The monoisotopic (exact) mass is 897 g/mol. The molecule has 55 heavy (non-hydrogen) atoms. The van der Waals surface area contributed by atoms with E-state index in [1.54, 1.807) is 0 Å². The first-order valence-electron chi connectivity index (χ1n) is 18.8. The quantitative estimate of drug-likeness (QED) is 0.118. The van der Waals surface area contributed by atoms with Crippen LogP contribution in [0.3, 0.4) is 0 Å². The zero-order valence-corrected chi connectivity index (χ0v) is 33.7. The molecule has 1 aliphatic rings. The van der Waals surface area contributed by atoms with Gasteiger partial charge in [-0.2, -0.15) is 5.10 Å². The Bertz CT molecular complexity index is 2400. The molecular formula is C50H44AuN4-2. The molecule has 0 bridgehead atoms. The Morgan fingerprint density at radius 2 is 0.873 bits per heavy atom. The Morgan fingerprint density at radius 3 is 1.35 bits per heavy atom. The molecule has 5 heteroatoms. The number of para-hydroxylation sites is 4. The molecule has 0 atom stereocenters. The molecule has 0 N–H and O–H groups in total. The van der Waals surface area contributed by atoms with Gasteiger partial charge in [-0.3, -0.25) is 0 Å². The summed E-state index contributed by atoms with van der Waals surface area (Å²) >= 11 is 0. The minimum atomic E-state index is 0. The summed E-state index contributed by atoms with van der Waals surface area (Å²) < 4.78 is 0. The molecule has 0 amide bonds. The van der Waals surface area contributed by atoms with E-state index in [0.717, 1.165) is 50.4 Å². The second-order valence-electron chi connectivity index (χ2n) is 14.3. The SMILES string of the molecule is CC(C)c1cccc(C(C)C)c1N1[CH-]N(c2c(-c3ccccc3)cccc2-c2ccccc2)N=C1c1ccccc1.[Au].c1ccc2c(c1)[n-]c1ccccc12. The fraction of sp³-hybridized carbons (Fsp3) is 0.120. The third kappa shape index (κ3) is 7.67. The third-order valence-corrected chi connectivity index (χ3v) is 10.0. The maximum absolute atomic E-state index is 5.38. The van der Waals surface area contributed by atoms with Gasteiger partial charge in [0.1, 0.15) is 5.84 Å². The van der Waals surface area contributed by atoms with E-state index >= 15 is 0 Å². The van der Waals surface area contributed by atoms with Crippen molar-refractivity contribution in [1.29, 1.82) is 0 Å². The molecule has 1 aromatic heterocycles. The number of nitrogens with zero attached hydrogens (tertiary/aromatic N) is 4. The van der Waals surface area contributed by atoms with Crippen molar-refractivity contribution in [2.24, 2.45) is 5.10 Å². The molecule has 0 saturated heterocycles. The minimum Gasteiger partial charge on any atom is -0.657 e. The Labute approximate surface area is 340 Å². The van der Waals surface area contributed by atoms with E-state index < -0.39 is 0 Å². The molecule has 0 aliphatic carbocycles. The number of hydrazone groups is 1. The molecular weight excluding hydrogens is 854 g/mol. The topological polar surface area (TPSA) is 32.9 Å². The van der Waals surface area contributed by atoms with Crippen LogP contribution >= 0.6 is 0 Å².